The van der Waals surface area contributed by atoms with Gasteiger partial charge in [-0.05, 0) is 23.8 Å². The van der Waals surface area contributed by atoms with Gasteiger partial charge >= 0.3 is 5.97 Å². The maximum atomic E-state index is 10.8. The molecule has 1 N–H and O–H groups in total. The van der Waals surface area contributed by atoms with Crippen molar-refractivity contribution in [2.24, 2.45) is 0 Å². The van der Waals surface area contributed by atoms with Gasteiger partial charge in [-0.15, -0.1) is 0 Å². The minimum absolute atomic E-state index is 0.0873. The Labute approximate surface area is 116 Å². The van der Waals surface area contributed by atoms with Crippen molar-refractivity contribution in [1.82, 2.24) is 4.98 Å². The first-order valence-electron chi connectivity index (χ1n) is 5.96. The minimum Gasteiger partial charge on any atom is -0.489 e. The van der Waals surface area contributed by atoms with E-state index in [1.807, 2.05) is 6.07 Å². The molecule has 0 saturated carbocycles. The maximum absolute atomic E-state index is 10.8. The second-order valence-electron chi connectivity index (χ2n) is 4.13. The number of pyridine rings is 1. The highest BCUT2D eigenvalue weighted by Crippen LogP contribution is 2.20. The van der Waals surface area contributed by atoms with E-state index < -0.39 is 5.97 Å². The number of rotatable bonds is 5. The van der Waals surface area contributed by atoms with Crippen LogP contribution in [0.4, 0.5) is 0 Å². The molecule has 0 bridgehead atoms. The normalized spacial score (nSPS) is 9.75. The molecule has 1 aromatic heterocycles. The van der Waals surface area contributed by atoms with Crippen molar-refractivity contribution in [1.29, 1.82) is 5.26 Å². The zero-order valence-electron chi connectivity index (χ0n) is 10.6. The van der Waals surface area contributed by atoms with E-state index >= 15 is 0 Å². The molecule has 1 heterocycles. The molecule has 100 valence electrons. The molecular formula is C15H12N2O3. The fraction of sp³-hybridized carbons (Fsp3) is 0.133. The number of nitriles is 1. The molecule has 0 fully saturated rings. The summed E-state index contributed by atoms with van der Waals surface area (Å²) in [6.07, 6.45) is 1.45. The average Bonchev–Trinajstić information content (AvgIpc) is 2.46. The third-order valence-electron chi connectivity index (χ3n) is 2.65. The second-order valence-corrected chi connectivity index (χ2v) is 4.13. The van der Waals surface area contributed by atoms with Crippen LogP contribution in [0.25, 0.3) is 0 Å². The van der Waals surface area contributed by atoms with Gasteiger partial charge in [0.1, 0.15) is 24.1 Å². The lowest BCUT2D eigenvalue weighted by Crippen LogP contribution is -2.04. The van der Waals surface area contributed by atoms with Crippen LogP contribution in [-0.4, -0.2) is 16.1 Å². The summed E-state index contributed by atoms with van der Waals surface area (Å²) in [5, 5.41) is 17.6. The van der Waals surface area contributed by atoms with Gasteiger partial charge in [0.15, 0.2) is 0 Å². The molecule has 20 heavy (non-hydrogen) atoms. The quantitative estimate of drug-likeness (QED) is 0.898. The number of benzene rings is 1. The van der Waals surface area contributed by atoms with Crippen molar-refractivity contribution >= 4 is 5.97 Å². The summed E-state index contributed by atoms with van der Waals surface area (Å²) >= 11 is 0. The van der Waals surface area contributed by atoms with E-state index in [2.05, 4.69) is 4.98 Å². The summed E-state index contributed by atoms with van der Waals surface area (Å²) in [6, 6.07) is 12.3. The Bertz CT molecular complexity index is 662. The zero-order chi connectivity index (χ0) is 14.4. The lowest BCUT2D eigenvalue weighted by Gasteiger charge is -2.10. The summed E-state index contributed by atoms with van der Waals surface area (Å²) in [7, 11) is 0. The van der Waals surface area contributed by atoms with Crippen LogP contribution in [0.3, 0.4) is 0 Å². The highest BCUT2D eigenvalue weighted by Gasteiger charge is 2.07. The summed E-state index contributed by atoms with van der Waals surface area (Å²) in [4.78, 5) is 14.7. The van der Waals surface area contributed by atoms with Crippen LogP contribution in [0.15, 0.2) is 42.6 Å². The predicted octanol–water partition coefficient (Wildman–Crippen LogP) is 2.16. The Hall–Kier alpha value is -2.87. The number of aliphatic carboxylic acids is 1. The van der Waals surface area contributed by atoms with Gasteiger partial charge in [-0.3, -0.25) is 4.79 Å². The van der Waals surface area contributed by atoms with Gasteiger partial charge in [-0.2, -0.15) is 5.26 Å². The van der Waals surface area contributed by atoms with E-state index in [0.717, 1.165) is 5.56 Å². The molecule has 0 aliphatic rings. The highest BCUT2D eigenvalue weighted by atomic mass is 16.5. The van der Waals surface area contributed by atoms with Crippen molar-refractivity contribution in [2.75, 3.05) is 0 Å². The van der Waals surface area contributed by atoms with Crippen LogP contribution < -0.4 is 4.74 Å². The van der Waals surface area contributed by atoms with E-state index in [4.69, 9.17) is 15.1 Å². The number of carbonyl (C=O) groups is 1. The van der Waals surface area contributed by atoms with Crippen LogP contribution in [0, 0.1) is 11.3 Å². The molecule has 5 nitrogen and oxygen atoms in total. The third kappa shape index (κ3) is 3.56. The summed E-state index contributed by atoms with van der Waals surface area (Å²) in [5.74, 6) is -0.373. The molecule has 0 radical (unpaired) electrons. The smallest absolute Gasteiger partial charge is 0.307 e. The minimum atomic E-state index is -0.906. The number of ether oxygens (including phenoxy) is 1. The fourth-order valence-corrected chi connectivity index (χ4v) is 1.74. The van der Waals surface area contributed by atoms with Crippen LogP contribution in [-0.2, 0) is 17.8 Å². The first-order valence-corrected chi connectivity index (χ1v) is 5.96. The van der Waals surface area contributed by atoms with Crippen molar-refractivity contribution in [2.45, 2.75) is 13.0 Å². The van der Waals surface area contributed by atoms with Crippen molar-refractivity contribution in [3.05, 3.63) is 59.4 Å². The summed E-state index contributed by atoms with van der Waals surface area (Å²) < 4.78 is 5.62. The largest absolute Gasteiger partial charge is 0.489 e. The Morgan fingerprint density at radius 2 is 2.15 bits per heavy atom. The van der Waals surface area contributed by atoms with Gasteiger partial charge in [0, 0.05) is 11.8 Å². The molecule has 0 unspecified atom stereocenters. The number of carboxylic acid groups (broad SMARTS) is 1. The standard InChI is InChI=1S/C15H12N2O3/c16-9-13-7-11(5-6-17-13)10-20-14-4-2-1-3-12(14)8-15(18)19/h1-7H,8,10H2,(H,18,19). The van der Waals surface area contributed by atoms with Gasteiger partial charge in [-0.25, -0.2) is 4.98 Å². The molecule has 1 aromatic carbocycles. The number of nitrogens with zero attached hydrogens (tertiary/aromatic N) is 2. The Balaban J connectivity index is 2.10. The van der Waals surface area contributed by atoms with Gasteiger partial charge in [0.05, 0.1) is 6.42 Å². The molecule has 0 saturated heterocycles. The van der Waals surface area contributed by atoms with E-state index in [1.165, 1.54) is 0 Å². The molecule has 5 heteroatoms. The number of carboxylic acids is 1. The summed E-state index contributed by atoms with van der Waals surface area (Å²) in [6.45, 7) is 0.258. The van der Waals surface area contributed by atoms with E-state index in [1.54, 1.807) is 42.6 Å². The first kappa shape index (κ1) is 13.6. The molecule has 2 aromatic rings. The average molecular weight is 268 g/mol. The van der Waals surface area contributed by atoms with Crippen molar-refractivity contribution in [3.63, 3.8) is 0 Å². The van der Waals surface area contributed by atoms with Gasteiger partial charge in [0.25, 0.3) is 0 Å². The van der Waals surface area contributed by atoms with E-state index in [-0.39, 0.29) is 13.0 Å². The molecular weight excluding hydrogens is 256 g/mol. The van der Waals surface area contributed by atoms with Crippen molar-refractivity contribution in [3.8, 4) is 11.8 Å². The lowest BCUT2D eigenvalue weighted by molar-refractivity contribution is -0.136. The molecule has 0 aliphatic heterocycles. The summed E-state index contributed by atoms with van der Waals surface area (Å²) in [5.41, 5.74) is 1.75. The van der Waals surface area contributed by atoms with Crippen LogP contribution in [0.2, 0.25) is 0 Å². The Morgan fingerprint density at radius 3 is 2.90 bits per heavy atom. The monoisotopic (exact) mass is 268 g/mol. The molecule has 0 atom stereocenters. The van der Waals surface area contributed by atoms with E-state index in [0.29, 0.717) is 17.0 Å². The van der Waals surface area contributed by atoms with Crippen LogP contribution in [0.1, 0.15) is 16.8 Å². The zero-order valence-corrected chi connectivity index (χ0v) is 10.6. The molecule has 0 spiro atoms. The Kier molecular flexibility index (Phi) is 4.30. The number of aromatic nitrogens is 1. The second kappa shape index (κ2) is 6.34. The van der Waals surface area contributed by atoms with Gasteiger partial charge in [0.2, 0.25) is 0 Å². The molecule has 2 rings (SSSR count). The number of hydrogen-bond acceptors (Lipinski definition) is 4. The molecule has 0 amide bonds. The van der Waals surface area contributed by atoms with Crippen LogP contribution in [0.5, 0.6) is 5.75 Å². The SMILES string of the molecule is N#Cc1cc(COc2ccccc2CC(=O)O)ccn1. The number of para-hydroxylation sites is 1. The lowest BCUT2D eigenvalue weighted by atomic mass is 10.1. The Morgan fingerprint density at radius 1 is 1.35 bits per heavy atom. The first-order chi connectivity index (χ1) is 9.69. The van der Waals surface area contributed by atoms with Crippen LogP contribution >= 0.6 is 0 Å². The maximum Gasteiger partial charge on any atom is 0.307 e. The number of hydrogen-bond donors (Lipinski definition) is 1. The molecule has 0 aliphatic carbocycles. The van der Waals surface area contributed by atoms with E-state index in [9.17, 15) is 4.79 Å². The van der Waals surface area contributed by atoms with Gasteiger partial charge < -0.3 is 9.84 Å². The predicted molar refractivity (Wildman–Crippen MR) is 71.1 cm³/mol. The third-order valence-corrected chi connectivity index (χ3v) is 2.65. The highest BCUT2D eigenvalue weighted by molar-refractivity contribution is 5.71. The fourth-order valence-electron chi connectivity index (χ4n) is 1.74. The topological polar surface area (TPSA) is 83.2 Å². The van der Waals surface area contributed by atoms with Crippen molar-refractivity contribution < 1.29 is 14.6 Å². The van der Waals surface area contributed by atoms with Gasteiger partial charge in [-0.1, -0.05) is 18.2 Å².